The Morgan fingerprint density at radius 3 is 2.45 bits per heavy atom. The molecule has 0 aromatic heterocycles. The minimum atomic E-state index is -0.422. The Morgan fingerprint density at radius 2 is 1.77 bits per heavy atom. The fourth-order valence-corrected chi connectivity index (χ4v) is 2.53. The van der Waals surface area contributed by atoms with Gasteiger partial charge in [0.25, 0.3) is 0 Å². The summed E-state index contributed by atoms with van der Waals surface area (Å²) in [4.78, 5) is 26.0. The van der Waals surface area contributed by atoms with Crippen LogP contribution in [0.1, 0.15) is 12.0 Å². The Morgan fingerprint density at radius 1 is 1.09 bits per heavy atom. The van der Waals surface area contributed by atoms with Crippen molar-refractivity contribution in [3.63, 3.8) is 0 Å². The first-order valence-corrected chi connectivity index (χ1v) is 7.27. The molecule has 1 fully saturated rings. The molecule has 0 saturated carbocycles. The van der Waals surface area contributed by atoms with Gasteiger partial charge in [-0.15, -0.1) is 0 Å². The second kappa shape index (κ2) is 6.02. The van der Waals surface area contributed by atoms with Gasteiger partial charge in [-0.1, -0.05) is 35.9 Å². The quantitative estimate of drug-likeness (QED) is 0.646. The van der Waals surface area contributed by atoms with E-state index in [0.29, 0.717) is 12.3 Å². The van der Waals surface area contributed by atoms with Crippen LogP contribution in [0.15, 0.2) is 54.6 Å². The molecule has 4 nitrogen and oxygen atoms in total. The molecule has 0 N–H and O–H groups in total. The van der Waals surface area contributed by atoms with Crippen LogP contribution in [0, 0.1) is 12.8 Å². The zero-order chi connectivity index (χ0) is 15.5. The Kier molecular flexibility index (Phi) is 3.92. The van der Waals surface area contributed by atoms with Crippen LogP contribution in [0.3, 0.4) is 0 Å². The van der Waals surface area contributed by atoms with Crippen molar-refractivity contribution in [1.29, 1.82) is 0 Å². The molecule has 4 heteroatoms. The van der Waals surface area contributed by atoms with Gasteiger partial charge in [0.15, 0.2) is 0 Å². The highest BCUT2D eigenvalue weighted by molar-refractivity contribution is 5.99. The zero-order valence-electron chi connectivity index (χ0n) is 12.4. The Bertz CT molecular complexity index is 679. The first kappa shape index (κ1) is 14.3. The molecule has 0 radical (unpaired) electrons. The molecule has 0 spiro atoms. The van der Waals surface area contributed by atoms with Gasteiger partial charge < -0.3 is 9.64 Å². The molecule has 0 aliphatic carbocycles. The van der Waals surface area contributed by atoms with Crippen molar-refractivity contribution in [3.8, 4) is 5.75 Å². The van der Waals surface area contributed by atoms with E-state index in [1.807, 2.05) is 37.3 Å². The van der Waals surface area contributed by atoms with Gasteiger partial charge in [0.2, 0.25) is 5.91 Å². The number of benzene rings is 2. The third kappa shape index (κ3) is 3.01. The van der Waals surface area contributed by atoms with Crippen LogP contribution < -0.4 is 9.64 Å². The molecule has 0 bridgehead atoms. The summed E-state index contributed by atoms with van der Waals surface area (Å²) >= 11 is 0. The number of hydrogen-bond acceptors (Lipinski definition) is 3. The van der Waals surface area contributed by atoms with Crippen LogP contribution in [0.4, 0.5) is 5.69 Å². The first-order chi connectivity index (χ1) is 10.6. The SMILES string of the molecule is Cc1ccc(N2CC(C(=O)Oc3ccccc3)CC2=O)cc1. The molecule has 1 atom stereocenters. The van der Waals surface area contributed by atoms with Gasteiger partial charge in [-0.3, -0.25) is 9.59 Å². The minimum Gasteiger partial charge on any atom is -0.426 e. The van der Waals surface area contributed by atoms with Crippen LogP contribution in [-0.4, -0.2) is 18.4 Å². The molecule has 112 valence electrons. The van der Waals surface area contributed by atoms with E-state index in [0.717, 1.165) is 11.3 Å². The van der Waals surface area contributed by atoms with E-state index < -0.39 is 5.92 Å². The average molecular weight is 295 g/mol. The Hall–Kier alpha value is -2.62. The molecule has 1 aliphatic heterocycles. The molecule has 1 amide bonds. The van der Waals surface area contributed by atoms with Crippen LogP contribution in [0.25, 0.3) is 0 Å². The van der Waals surface area contributed by atoms with Crippen LogP contribution in [-0.2, 0) is 9.59 Å². The van der Waals surface area contributed by atoms with Crippen molar-refractivity contribution in [3.05, 3.63) is 60.2 Å². The van der Waals surface area contributed by atoms with E-state index in [1.54, 1.807) is 29.2 Å². The molecular weight excluding hydrogens is 278 g/mol. The number of amides is 1. The van der Waals surface area contributed by atoms with E-state index >= 15 is 0 Å². The van der Waals surface area contributed by atoms with Gasteiger partial charge in [0.05, 0.1) is 5.92 Å². The number of carbonyl (C=O) groups excluding carboxylic acids is 2. The minimum absolute atomic E-state index is 0.0427. The fraction of sp³-hybridized carbons (Fsp3) is 0.222. The molecule has 1 unspecified atom stereocenters. The number of aryl methyl sites for hydroxylation is 1. The Labute approximate surface area is 129 Å². The van der Waals surface area contributed by atoms with Gasteiger partial charge in [-0.05, 0) is 31.2 Å². The van der Waals surface area contributed by atoms with Crippen molar-refractivity contribution < 1.29 is 14.3 Å². The largest absolute Gasteiger partial charge is 0.426 e. The lowest BCUT2D eigenvalue weighted by Crippen LogP contribution is -2.27. The van der Waals surface area contributed by atoms with Gasteiger partial charge in [0, 0.05) is 18.7 Å². The predicted octanol–water partition coefficient (Wildman–Crippen LogP) is 2.95. The second-order valence-electron chi connectivity index (χ2n) is 5.48. The van der Waals surface area contributed by atoms with Crippen molar-refractivity contribution in [2.45, 2.75) is 13.3 Å². The zero-order valence-corrected chi connectivity index (χ0v) is 12.4. The first-order valence-electron chi connectivity index (χ1n) is 7.27. The van der Waals surface area contributed by atoms with Crippen LogP contribution in [0.5, 0.6) is 5.75 Å². The summed E-state index contributed by atoms with van der Waals surface area (Å²) in [6.45, 7) is 2.36. The lowest BCUT2D eigenvalue weighted by molar-refractivity contribution is -0.139. The summed E-state index contributed by atoms with van der Waals surface area (Å²) in [6.07, 6.45) is 0.194. The highest BCUT2D eigenvalue weighted by atomic mass is 16.5. The van der Waals surface area contributed by atoms with Crippen molar-refractivity contribution in [2.24, 2.45) is 5.92 Å². The number of ether oxygens (including phenoxy) is 1. The number of esters is 1. The van der Waals surface area contributed by atoms with Crippen LogP contribution >= 0.6 is 0 Å². The van der Waals surface area contributed by atoms with Crippen molar-refractivity contribution in [2.75, 3.05) is 11.4 Å². The monoisotopic (exact) mass is 295 g/mol. The lowest BCUT2D eigenvalue weighted by atomic mass is 10.1. The van der Waals surface area contributed by atoms with E-state index in [4.69, 9.17) is 4.74 Å². The predicted molar refractivity (Wildman–Crippen MR) is 83.7 cm³/mol. The highest BCUT2D eigenvalue weighted by Crippen LogP contribution is 2.26. The van der Waals surface area contributed by atoms with E-state index in [2.05, 4.69) is 0 Å². The molecule has 1 saturated heterocycles. The molecule has 2 aromatic rings. The lowest BCUT2D eigenvalue weighted by Gasteiger charge is -2.16. The fourth-order valence-electron chi connectivity index (χ4n) is 2.53. The second-order valence-corrected chi connectivity index (χ2v) is 5.48. The Balaban J connectivity index is 1.69. The molecule has 1 aliphatic rings. The standard InChI is InChI=1S/C18H17NO3/c1-13-7-9-15(10-8-13)19-12-14(11-17(19)20)18(21)22-16-5-3-2-4-6-16/h2-10,14H,11-12H2,1H3. The summed E-state index contributed by atoms with van der Waals surface area (Å²) in [6, 6.07) is 16.6. The number of rotatable bonds is 3. The third-order valence-corrected chi connectivity index (χ3v) is 3.77. The topological polar surface area (TPSA) is 46.6 Å². The number of anilines is 1. The van der Waals surface area contributed by atoms with Gasteiger partial charge in [0.1, 0.15) is 5.75 Å². The van der Waals surface area contributed by atoms with E-state index in [1.165, 1.54) is 0 Å². The molecule has 2 aromatic carbocycles. The maximum atomic E-state index is 12.2. The third-order valence-electron chi connectivity index (χ3n) is 3.77. The normalized spacial score (nSPS) is 17.6. The van der Waals surface area contributed by atoms with Gasteiger partial charge in [-0.2, -0.15) is 0 Å². The molecule has 22 heavy (non-hydrogen) atoms. The van der Waals surface area contributed by atoms with E-state index in [9.17, 15) is 9.59 Å². The van der Waals surface area contributed by atoms with E-state index in [-0.39, 0.29) is 18.3 Å². The summed E-state index contributed by atoms with van der Waals surface area (Å²) in [5.41, 5.74) is 1.96. The maximum Gasteiger partial charge on any atom is 0.316 e. The summed E-state index contributed by atoms with van der Waals surface area (Å²) < 4.78 is 5.33. The highest BCUT2D eigenvalue weighted by Gasteiger charge is 2.36. The summed E-state index contributed by atoms with van der Waals surface area (Å²) in [5, 5.41) is 0. The number of carbonyl (C=O) groups is 2. The van der Waals surface area contributed by atoms with Gasteiger partial charge in [-0.25, -0.2) is 0 Å². The van der Waals surface area contributed by atoms with Crippen molar-refractivity contribution >= 4 is 17.6 Å². The maximum absolute atomic E-state index is 12.2. The summed E-state index contributed by atoms with van der Waals surface area (Å²) in [5.74, 6) is -0.309. The van der Waals surface area contributed by atoms with Crippen LogP contribution in [0.2, 0.25) is 0 Å². The number of para-hydroxylation sites is 1. The summed E-state index contributed by atoms with van der Waals surface area (Å²) in [7, 11) is 0. The smallest absolute Gasteiger partial charge is 0.316 e. The average Bonchev–Trinajstić information content (AvgIpc) is 2.91. The molecule has 3 rings (SSSR count). The number of hydrogen-bond donors (Lipinski definition) is 0. The van der Waals surface area contributed by atoms with Gasteiger partial charge >= 0.3 is 5.97 Å². The van der Waals surface area contributed by atoms with Crippen molar-refractivity contribution in [1.82, 2.24) is 0 Å². The molecular formula is C18H17NO3. The number of nitrogens with zero attached hydrogens (tertiary/aromatic N) is 1. The molecule has 1 heterocycles.